The first-order valence-corrected chi connectivity index (χ1v) is 9.70. The monoisotopic (exact) mass is 552 g/mol. The van der Waals surface area contributed by atoms with Crippen molar-refractivity contribution >= 4 is 29.9 Å². The molecule has 1 aromatic heterocycles. The van der Waals surface area contributed by atoms with Crippen LogP contribution in [-0.2, 0) is 13.0 Å². The van der Waals surface area contributed by atoms with Gasteiger partial charge in [0.25, 0.3) is 0 Å². The second-order valence-corrected chi connectivity index (χ2v) is 6.63. The predicted molar refractivity (Wildman–Crippen MR) is 133 cm³/mol. The van der Waals surface area contributed by atoms with E-state index in [1.54, 1.807) is 38.6 Å². The number of nitrogens with one attached hydrogen (secondary N) is 1. The number of halogens is 2. The summed E-state index contributed by atoms with van der Waals surface area (Å²) in [6, 6.07) is 15.2. The predicted octanol–water partition coefficient (Wildman–Crippen LogP) is 4.30. The largest absolute Gasteiger partial charge is 0.493 e. The zero-order valence-electron chi connectivity index (χ0n) is 17.9. The summed E-state index contributed by atoms with van der Waals surface area (Å²) in [5, 5.41) is 3.09. The molecule has 1 heterocycles. The van der Waals surface area contributed by atoms with Crippen molar-refractivity contribution in [3.05, 3.63) is 77.7 Å². The molecule has 0 saturated heterocycles. The summed E-state index contributed by atoms with van der Waals surface area (Å²) < 4.78 is 29.3. The van der Waals surface area contributed by atoms with Gasteiger partial charge in [-0.3, -0.25) is 0 Å². The van der Waals surface area contributed by atoms with E-state index < -0.39 is 0 Å². The van der Waals surface area contributed by atoms with E-state index in [-0.39, 0.29) is 29.8 Å². The molecule has 170 valence electrons. The Kier molecular flexibility index (Phi) is 9.99. The summed E-state index contributed by atoms with van der Waals surface area (Å²) in [6.45, 7) is 1.01. The lowest BCUT2D eigenvalue weighted by molar-refractivity contribution is 0.354. The zero-order chi connectivity index (χ0) is 22.1. The van der Waals surface area contributed by atoms with Gasteiger partial charge in [-0.2, -0.15) is 0 Å². The summed E-state index contributed by atoms with van der Waals surface area (Å²) >= 11 is 0. The van der Waals surface area contributed by atoms with Crippen LogP contribution in [0.15, 0.2) is 65.8 Å². The molecule has 0 aliphatic carbocycles. The fourth-order valence-corrected chi connectivity index (χ4v) is 2.82. The molecule has 32 heavy (non-hydrogen) atoms. The Bertz CT molecular complexity index is 1030. The lowest BCUT2D eigenvalue weighted by Gasteiger charge is -2.10. The first kappa shape index (κ1) is 25.2. The average molecular weight is 552 g/mol. The molecule has 0 atom stereocenters. The van der Waals surface area contributed by atoms with Gasteiger partial charge in [0.2, 0.25) is 5.88 Å². The van der Waals surface area contributed by atoms with Crippen LogP contribution in [0.25, 0.3) is 0 Å². The molecule has 0 aliphatic rings. The van der Waals surface area contributed by atoms with Crippen LogP contribution in [-0.4, -0.2) is 31.7 Å². The van der Waals surface area contributed by atoms with E-state index in [1.807, 2.05) is 24.3 Å². The Morgan fingerprint density at radius 1 is 1.03 bits per heavy atom. The van der Waals surface area contributed by atoms with Crippen LogP contribution in [0.3, 0.4) is 0 Å². The van der Waals surface area contributed by atoms with E-state index in [0.717, 1.165) is 17.5 Å². The van der Waals surface area contributed by atoms with Gasteiger partial charge in [-0.15, -0.1) is 24.0 Å². The number of nitrogens with two attached hydrogens (primary N) is 1. The minimum Gasteiger partial charge on any atom is -0.493 e. The van der Waals surface area contributed by atoms with Gasteiger partial charge in [-0.25, -0.2) is 14.4 Å². The van der Waals surface area contributed by atoms with E-state index in [4.69, 9.17) is 19.9 Å². The molecule has 0 bridgehead atoms. The molecule has 0 unspecified atom stereocenters. The molecule has 9 heteroatoms. The number of ether oxygens (including phenoxy) is 3. The summed E-state index contributed by atoms with van der Waals surface area (Å²) in [5.74, 6) is 2.14. The van der Waals surface area contributed by atoms with Crippen molar-refractivity contribution in [2.75, 3.05) is 20.8 Å². The smallest absolute Gasteiger partial charge is 0.219 e. The summed E-state index contributed by atoms with van der Waals surface area (Å²) in [4.78, 5) is 8.54. The summed E-state index contributed by atoms with van der Waals surface area (Å²) in [6.07, 6.45) is 2.40. The minimum atomic E-state index is -0.363. The van der Waals surface area contributed by atoms with Crippen LogP contribution in [0, 0.1) is 5.82 Å². The number of pyridine rings is 1. The Labute approximate surface area is 203 Å². The van der Waals surface area contributed by atoms with Gasteiger partial charge in [0.1, 0.15) is 11.6 Å². The Morgan fingerprint density at radius 3 is 2.50 bits per heavy atom. The maximum absolute atomic E-state index is 13.2. The van der Waals surface area contributed by atoms with Gasteiger partial charge in [0.05, 0.1) is 20.8 Å². The zero-order valence-corrected chi connectivity index (χ0v) is 20.2. The summed E-state index contributed by atoms with van der Waals surface area (Å²) in [7, 11) is 3.22. The third-order valence-electron chi connectivity index (χ3n) is 4.42. The van der Waals surface area contributed by atoms with Crippen molar-refractivity contribution in [2.45, 2.75) is 13.0 Å². The molecule has 7 nitrogen and oxygen atoms in total. The van der Waals surface area contributed by atoms with Gasteiger partial charge in [0, 0.05) is 24.9 Å². The van der Waals surface area contributed by atoms with Gasteiger partial charge in [-0.1, -0.05) is 18.2 Å². The quantitative estimate of drug-likeness (QED) is 0.234. The van der Waals surface area contributed by atoms with Crippen molar-refractivity contribution in [3.63, 3.8) is 0 Å². The Hall–Kier alpha value is -3.08. The van der Waals surface area contributed by atoms with Crippen LogP contribution in [0.2, 0.25) is 0 Å². The highest BCUT2D eigenvalue weighted by molar-refractivity contribution is 14.0. The SMILES string of the molecule is COc1ccc(CCNC(N)=NCc2ccc(Oc3cccc(F)c3)nc2)cc1OC.I. The van der Waals surface area contributed by atoms with Gasteiger partial charge in [-0.05, 0) is 41.8 Å². The van der Waals surface area contributed by atoms with E-state index in [2.05, 4.69) is 15.3 Å². The van der Waals surface area contributed by atoms with Crippen LogP contribution in [0.5, 0.6) is 23.1 Å². The van der Waals surface area contributed by atoms with Crippen molar-refractivity contribution in [1.29, 1.82) is 0 Å². The third kappa shape index (κ3) is 7.56. The first-order chi connectivity index (χ1) is 15.1. The average Bonchev–Trinajstić information content (AvgIpc) is 2.78. The number of rotatable bonds is 9. The highest BCUT2D eigenvalue weighted by Crippen LogP contribution is 2.27. The molecule has 0 fully saturated rings. The number of guanidine groups is 1. The lowest BCUT2D eigenvalue weighted by Crippen LogP contribution is -2.33. The van der Waals surface area contributed by atoms with E-state index in [9.17, 15) is 4.39 Å². The van der Waals surface area contributed by atoms with E-state index >= 15 is 0 Å². The highest BCUT2D eigenvalue weighted by Gasteiger charge is 2.05. The Morgan fingerprint density at radius 2 is 1.81 bits per heavy atom. The second kappa shape index (κ2) is 12.7. The van der Waals surface area contributed by atoms with Crippen LogP contribution >= 0.6 is 24.0 Å². The highest BCUT2D eigenvalue weighted by atomic mass is 127. The molecule has 0 aliphatic heterocycles. The Balaban J connectivity index is 0.00000363. The van der Waals surface area contributed by atoms with Crippen LogP contribution in [0.4, 0.5) is 4.39 Å². The van der Waals surface area contributed by atoms with E-state index in [1.165, 1.54) is 12.1 Å². The number of benzene rings is 2. The third-order valence-corrected chi connectivity index (χ3v) is 4.42. The molecule has 3 rings (SSSR count). The van der Waals surface area contributed by atoms with Gasteiger partial charge in [0.15, 0.2) is 17.5 Å². The fraction of sp³-hybridized carbons (Fsp3) is 0.217. The summed E-state index contributed by atoms with van der Waals surface area (Å²) in [5.41, 5.74) is 7.91. The molecule has 3 N–H and O–H groups in total. The number of aromatic nitrogens is 1. The molecule has 0 spiro atoms. The fourth-order valence-electron chi connectivity index (χ4n) is 2.82. The van der Waals surface area contributed by atoms with Crippen molar-refractivity contribution < 1.29 is 18.6 Å². The second-order valence-electron chi connectivity index (χ2n) is 6.63. The van der Waals surface area contributed by atoms with E-state index in [0.29, 0.717) is 42.2 Å². The van der Waals surface area contributed by atoms with Gasteiger partial charge >= 0.3 is 0 Å². The lowest BCUT2D eigenvalue weighted by atomic mass is 10.1. The molecular formula is C23H26FIN4O3. The first-order valence-electron chi connectivity index (χ1n) is 9.70. The molecule has 3 aromatic rings. The number of nitrogens with zero attached hydrogens (tertiary/aromatic N) is 2. The van der Waals surface area contributed by atoms with Crippen molar-refractivity contribution in [2.24, 2.45) is 10.7 Å². The van der Waals surface area contributed by atoms with Crippen molar-refractivity contribution in [3.8, 4) is 23.1 Å². The maximum atomic E-state index is 13.2. The van der Waals surface area contributed by atoms with Gasteiger partial charge < -0.3 is 25.3 Å². The number of methoxy groups -OCH3 is 2. The molecule has 2 aromatic carbocycles. The van der Waals surface area contributed by atoms with Crippen molar-refractivity contribution in [1.82, 2.24) is 10.3 Å². The molecular weight excluding hydrogens is 526 g/mol. The van der Waals surface area contributed by atoms with Crippen LogP contribution < -0.4 is 25.3 Å². The van der Waals surface area contributed by atoms with Crippen LogP contribution in [0.1, 0.15) is 11.1 Å². The normalized spacial score (nSPS) is 10.8. The minimum absolute atomic E-state index is 0. The maximum Gasteiger partial charge on any atom is 0.219 e. The molecule has 0 radical (unpaired) electrons. The number of hydrogen-bond acceptors (Lipinski definition) is 5. The number of aliphatic imine (C=N–C) groups is 1. The molecule has 0 saturated carbocycles. The number of hydrogen-bond donors (Lipinski definition) is 2. The molecule has 0 amide bonds. The topological polar surface area (TPSA) is 91.0 Å². The standard InChI is InChI=1S/C23H25FN4O3.HI/c1-29-20-8-6-16(12-21(20)30-2)10-11-26-23(25)28-15-17-7-9-22(27-14-17)31-19-5-3-4-18(24)13-19;/h3-9,12-14H,10-11,15H2,1-2H3,(H3,25,26,28);1H.